The standard InChI is InChI=1S/C12H15NO6/c14-11(15)10(6-9-4-2-1-3-5-9)7-12(16,17)8-13(18)19/h1-5,10,16-17H,6-8H2,(H,14,15). The van der Waals surface area contributed by atoms with Gasteiger partial charge in [-0.3, -0.25) is 14.9 Å². The second-order valence-electron chi connectivity index (χ2n) is 4.40. The fourth-order valence-electron chi connectivity index (χ4n) is 1.81. The summed E-state index contributed by atoms with van der Waals surface area (Å²) in [7, 11) is 0. The Bertz CT molecular complexity index is 445. The molecule has 19 heavy (non-hydrogen) atoms. The summed E-state index contributed by atoms with van der Waals surface area (Å²) in [6.07, 6.45) is -0.519. The monoisotopic (exact) mass is 269 g/mol. The number of nitro groups is 1. The maximum Gasteiger partial charge on any atom is 0.307 e. The minimum Gasteiger partial charge on any atom is -0.481 e. The lowest BCUT2D eigenvalue weighted by atomic mass is 9.92. The summed E-state index contributed by atoms with van der Waals surface area (Å²) in [6.45, 7) is -1.11. The van der Waals surface area contributed by atoms with Gasteiger partial charge in [-0.2, -0.15) is 0 Å². The van der Waals surface area contributed by atoms with Gasteiger partial charge in [0.25, 0.3) is 6.54 Å². The predicted octanol–water partition coefficient (Wildman–Crippen LogP) is 0.278. The van der Waals surface area contributed by atoms with E-state index in [-0.39, 0.29) is 6.42 Å². The Labute approximate surface area is 109 Å². The van der Waals surface area contributed by atoms with Crippen LogP contribution in [0.5, 0.6) is 0 Å². The number of rotatable bonds is 7. The highest BCUT2D eigenvalue weighted by molar-refractivity contribution is 5.70. The van der Waals surface area contributed by atoms with Gasteiger partial charge in [0.1, 0.15) is 0 Å². The number of nitrogens with zero attached hydrogens (tertiary/aromatic N) is 1. The summed E-state index contributed by atoms with van der Waals surface area (Å²) in [5.41, 5.74) is 0.715. The molecule has 0 aliphatic rings. The second kappa shape index (κ2) is 6.26. The van der Waals surface area contributed by atoms with Gasteiger partial charge in [-0.25, -0.2) is 0 Å². The molecule has 1 aromatic carbocycles. The first-order valence-corrected chi connectivity index (χ1v) is 5.63. The van der Waals surface area contributed by atoms with Crippen molar-refractivity contribution in [3.63, 3.8) is 0 Å². The summed E-state index contributed by atoms with van der Waals surface area (Å²) < 4.78 is 0. The summed E-state index contributed by atoms with van der Waals surface area (Å²) in [5, 5.41) is 38.2. The predicted molar refractivity (Wildman–Crippen MR) is 64.9 cm³/mol. The smallest absolute Gasteiger partial charge is 0.307 e. The molecule has 7 heteroatoms. The molecule has 7 nitrogen and oxygen atoms in total. The number of carboxylic acids is 1. The molecule has 0 saturated carbocycles. The van der Waals surface area contributed by atoms with Gasteiger partial charge < -0.3 is 15.3 Å². The van der Waals surface area contributed by atoms with E-state index in [1.807, 2.05) is 0 Å². The summed E-state index contributed by atoms with van der Waals surface area (Å²) in [4.78, 5) is 20.5. The van der Waals surface area contributed by atoms with Crippen LogP contribution in [-0.2, 0) is 11.2 Å². The Morgan fingerprint density at radius 3 is 2.37 bits per heavy atom. The van der Waals surface area contributed by atoms with E-state index < -0.39 is 35.6 Å². The number of carbonyl (C=O) groups is 1. The lowest BCUT2D eigenvalue weighted by Crippen LogP contribution is -2.40. The highest BCUT2D eigenvalue weighted by Gasteiger charge is 2.36. The van der Waals surface area contributed by atoms with Crippen molar-refractivity contribution < 1.29 is 25.0 Å². The number of benzene rings is 1. The number of hydrogen-bond acceptors (Lipinski definition) is 5. The fraction of sp³-hybridized carbons (Fsp3) is 0.417. The van der Waals surface area contributed by atoms with Crippen LogP contribution in [0.3, 0.4) is 0 Å². The van der Waals surface area contributed by atoms with Crippen LogP contribution in [0.1, 0.15) is 12.0 Å². The molecule has 1 rings (SSSR count). The van der Waals surface area contributed by atoms with Crippen molar-refractivity contribution >= 4 is 5.97 Å². The van der Waals surface area contributed by atoms with Gasteiger partial charge >= 0.3 is 5.97 Å². The van der Waals surface area contributed by atoms with Gasteiger partial charge in [0, 0.05) is 11.3 Å². The van der Waals surface area contributed by atoms with Crippen molar-refractivity contribution in [2.45, 2.75) is 18.6 Å². The summed E-state index contributed by atoms with van der Waals surface area (Å²) >= 11 is 0. The second-order valence-corrected chi connectivity index (χ2v) is 4.40. The molecule has 1 atom stereocenters. The molecule has 1 aromatic rings. The van der Waals surface area contributed by atoms with Crippen molar-refractivity contribution in [3.8, 4) is 0 Å². The molecule has 1 unspecified atom stereocenters. The zero-order chi connectivity index (χ0) is 14.5. The highest BCUT2D eigenvalue weighted by atomic mass is 16.6. The largest absolute Gasteiger partial charge is 0.481 e. The van der Waals surface area contributed by atoms with Crippen LogP contribution in [0.15, 0.2) is 30.3 Å². The van der Waals surface area contributed by atoms with Crippen LogP contribution in [0.2, 0.25) is 0 Å². The third kappa shape index (κ3) is 5.45. The Hall–Kier alpha value is -1.99. The fourth-order valence-corrected chi connectivity index (χ4v) is 1.81. The van der Waals surface area contributed by atoms with Crippen molar-refractivity contribution in [3.05, 3.63) is 46.0 Å². The van der Waals surface area contributed by atoms with Gasteiger partial charge in [-0.05, 0) is 12.0 Å². The van der Waals surface area contributed by atoms with E-state index in [9.17, 15) is 25.1 Å². The van der Waals surface area contributed by atoms with Crippen LogP contribution in [-0.4, -0.2) is 38.5 Å². The number of aliphatic hydroxyl groups is 2. The molecule has 0 bridgehead atoms. The van der Waals surface area contributed by atoms with Crippen LogP contribution in [0.4, 0.5) is 0 Å². The molecular formula is C12H15NO6. The van der Waals surface area contributed by atoms with Gasteiger partial charge in [0.2, 0.25) is 5.79 Å². The number of carboxylic acid groups (broad SMARTS) is 1. The molecule has 0 radical (unpaired) electrons. The Morgan fingerprint density at radius 2 is 1.89 bits per heavy atom. The zero-order valence-corrected chi connectivity index (χ0v) is 10.1. The SMILES string of the molecule is O=C(O)C(Cc1ccccc1)CC(O)(O)C[N+](=O)[O-]. The molecule has 3 N–H and O–H groups in total. The van der Waals surface area contributed by atoms with Crippen LogP contribution < -0.4 is 0 Å². The highest BCUT2D eigenvalue weighted by Crippen LogP contribution is 2.20. The van der Waals surface area contributed by atoms with E-state index in [2.05, 4.69) is 0 Å². The first-order chi connectivity index (χ1) is 8.80. The average Bonchev–Trinajstić information content (AvgIpc) is 2.27. The zero-order valence-electron chi connectivity index (χ0n) is 10.1. The lowest BCUT2D eigenvalue weighted by Gasteiger charge is -2.21. The van der Waals surface area contributed by atoms with E-state index in [1.165, 1.54) is 0 Å². The topological polar surface area (TPSA) is 121 Å². The van der Waals surface area contributed by atoms with Crippen LogP contribution in [0.25, 0.3) is 0 Å². The normalized spacial score (nSPS) is 12.9. The van der Waals surface area contributed by atoms with Gasteiger partial charge in [-0.15, -0.1) is 0 Å². The molecular weight excluding hydrogens is 254 g/mol. The van der Waals surface area contributed by atoms with E-state index in [0.717, 1.165) is 0 Å². The van der Waals surface area contributed by atoms with Crippen molar-refractivity contribution in [2.24, 2.45) is 5.92 Å². The minimum absolute atomic E-state index is 0.0801. The molecule has 0 aliphatic heterocycles. The number of aliphatic carboxylic acids is 1. The number of hydrogen-bond donors (Lipinski definition) is 3. The molecule has 0 amide bonds. The van der Waals surface area contributed by atoms with E-state index >= 15 is 0 Å². The van der Waals surface area contributed by atoms with Gasteiger partial charge in [-0.1, -0.05) is 30.3 Å². The summed E-state index contributed by atoms with van der Waals surface area (Å²) in [6, 6.07) is 8.65. The lowest BCUT2D eigenvalue weighted by molar-refractivity contribution is -0.518. The third-order valence-corrected chi connectivity index (χ3v) is 2.63. The quantitative estimate of drug-likeness (QED) is 0.371. The maximum absolute atomic E-state index is 11.1. The van der Waals surface area contributed by atoms with Crippen LogP contribution in [0, 0.1) is 16.0 Å². The Kier molecular flexibility index (Phi) is 4.96. The maximum atomic E-state index is 11.1. The molecule has 0 fully saturated rings. The van der Waals surface area contributed by atoms with Crippen molar-refractivity contribution in [1.82, 2.24) is 0 Å². The Balaban J connectivity index is 2.73. The van der Waals surface area contributed by atoms with E-state index in [0.29, 0.717) is 5.56 Å². The minimum atomic E-state index is -2.62. The van der Waals surface area contributed by atoms with Crippen LogP contribution >= 0.6 is 0 Å². The summed E-state index contributed by atoms with van der Waals surface area (Å²) in [5.74, 6) is -4.95. The van der Waals surface area contributed by atoms with Crippen molar-refractivity contribution in [2.75, 3.05) is 6.54 Å². The molecule has 104 valence electrons. The molecule has 0 heterocycles. The first-order valence-electron chi connectivity index (χ1n) is 5.63. The molecule has 0 aliphatic carbocycles. The molecule has 0 aromatic heterocycles. The van der Waals surface area contributed by atoms with Gasteiger partial charge in [0.15, 0.2) is 0 Å². The van der Waals surface area contributed by atoms with E-state index in [1.54, 1.807) is 30.3 Å². The molecule has 0 spiro atoms. The Morgan fingerprint density at radius 1 is 1.32 bits per heavy atom. The molecule has 0 saturated heterocycles. The van der Waals surface area contributed by atoms with Crippen molar-refractivity contribution in [1.29, 1.82) is 0 Å². The third-order valence-electron chi connectivity index (χ3n) is 2.63. The average molecular weight is 269 g/mol. The van der Waals surface area contributed by atoms with Gasteiger partial charge in [0.05, 0.1) is 5.92 Å². The first kappa shape index (κ1) is 15.1. The van der Waals surface area contributed by atoms with E-state index in [4.69, 9.17) is 5.11 Å².